The van der Waals surface area contributed by atoms with Crippen molar-refractivity contribution in [3.8, 4) is 5.75 Å². The van der Waals surface area contributed by atoms with Gasteiger partial charge in [-0.1, -0.05) is 11.6 Å². The van der Waals surface area contributed by atoms with Crippen molar-refractivity contribution in [3.63, 3.8) is 0 Å². The van der Waals surface area contributed by atoms with E-state index in [0.717, 1.165) is 9.71 Å². The number of hydrogen-bond donors (Lipinski definition) is 0. The summed E-state index contributed by atoms with van der Waals surface area (Å²) in [4.78, 5) is 0.0235. The molecule has 1 aliphatic rings. The SMILES string of the molecule is COc1ccc(N(C2C=CS(=O)(=O)C2)S(=O)(=O)c2ccc(Cl)cc2)cc1. The summed E-state index contributed by atoms with van der Waals surface area (Å²) in [5, 5.41) is 1.45. The first-order valence-corrected chi connectivity index (χ1v) is 11.1. The Morgan fingerprint density at radius 2 is 1.69 bits per heavy atom. The number of ether oxygens (including phenoxy) is 1. The lowest BCUT2D eigenvalue weighted by Gasteiger charge is -2.29. The summed E-state index contributed by atoms with van der Waals surface area (Å²) in [6.45, 7) is 0. The van der Waals surface area contributed by atoms with Gasteiger partial charge in [-0.15, -0.1) is 0 Å². The molecule has 0 bridgehead atoms. The van der Waals surface area contributed by atoms with Gasteiger partial charge in [0.1, 0.15) is 5.75 Å². The fraction of sp³-hybridized carbons (Fsp3) is 0.176. The van der Waals surface area contributed by atoms with Gasteiger partial charge in [0.25, 0.3) is 10.0 Å². The van der Waals surface area contributed by atoms with Crippen LogP contribution >= 0.6 is 11.6 Å². The van der Waals surface area contributed by atoms with Crippen LogP contribution in [-0.4, -0.2) is 35.7 Å². The molecule has 2 aromatic rings. The molecule has 1 unspecified atom stereocenters. The van der Waals surface area contributed by atoms with Gasteiger partial charge in [0.05, 0.1) is 29.5 Å². The highest BCUT2D eigenvalue weighted by Gasteiger charge is 2.35. The number of halogens is 1. The Labute approximate surface area is 157 Å². The van der Waals surface area contributed by atoms with E-state index in [2.05, 4.69) is 0 Å². The number of rotatable bonds is 5. The Balaban J connectivity index is 2.10. The van der Waals surface area contributed by atoms with Crippen LogP contribution in [0.4, 0.5) is 5.69 Å². The van der Waals surface area contributed by atoms with Crippen LogP contribution in [0, 0.1) is 0 Å². The second kappa shape index (κ2) is 6.94. The molecule has 0 radical (unpaired) electrons. The summed E-state index contributed by atoms with van der Waals surface area (Å²) in [5.41, 5.74) is 0.340. The largest absolute Gasteiger partial charge is 0.497 e. The maximum absolute atomic E-state index is 13.2. The van der Waals surface area contributed by atoms with Crippen LogP contribution in [0.1, 0.15) is 0 Å². The number of sulfone groups is 1. The highest BCUT2D eigenvalue weighted by atomic mass is 35.5. The smallest absolute Gasteiger partial charge is 0.264 e. The summed E-state index contributed by atoms with van der Waals surface area (Å²) >= 11 is 5.84. The van der Waals surface area contributed by atoms with E-state index in [-0.39, 0.29) is 10.6 Å². The molecule has 0 saturated heterocycles. The van der Waals surface area contributed by atoms with Gasteiger partial charge in [0.15, 0.2) is 9.84 Å². The van der Waals surface area contributed by atoms with Gasteiger partial charge in [-0.05, 0) is 54.6 Å². The Kier molecular flexibility index (Phi) is 5.01. The maximum Gasteiger partial charge on any atom is 0.264 e. The lowest BCUT2D eigenvalue weighted by molar-refractivity contribution is 0.415. The van der Waals surface area contributed by atoms with Gasteiger partial charge in [-0.25, -0.2) is 16.8 Å². The average Bonchev–Trinajstić information content (AvgIpc) is 2.95. The zero-order valence-electron chi connectivity index (χ0n) is 13.7. The molecule has 6 nitrogen and oxygen atoms in total. The van der Waals surface area contributed by atoms with Crippen molar-refractivity contribution in [1.29, 1.82) is 0 Å². The molecule has 0 spiro atoms. The van der Waals surface area contributed by atoms with Crippen molar-refractivity contribution < 1.29 is 21.6 Å². The molecule has 0 saturated carbocycles. The number of hydrogen-bond acceptors (Lipinski definition) is 5. The Bertz CT molecular complexity index is 1030. The molecule has 1 heterocycles. The average molecular weight is 414 g/mol. The standard InChI is InChI=1S/C17H16ClNO5S2/c1-24-16-6-4-14(5-7-16)19(15-10-11-25(20,21)12-15)26(22,23)17-8-2-13(18)3-9-17/h2-11,15H,12H2,1H3. The minimum Gasteiger partial charge on any atom is -0.497 e. The molecule has 2 aromatic carbocycles. The predicted octanol–water partition coefficient (Wildman–Crippen LogP) is 2.85. The van der Waals surface area contributed by atoms with Crippen LogP contribution in [0.5, 0.6) is 5.75 Å². The van der Waals surface area contributed by atoms with E-state index in [4.69, 9.17) is 16.3 Å². The second-order valence-electron chi connectivity index (χ2n) is 5.68. The zero-order chi connectivity index (χ0) is 18.9. The molecular formula is C17H16ClNO5S2. The minimum absolute atomic E-state index is 0.0235. The molecule has 3 rings (SSSR count). The molecule has 0 aliphatic carbocycles. The quantitative estimate of drug-likeness (QED) is 0.752. The Morgan fingerprint density at radius 1 is 1.08 bits per heavy atom. The second-order valence-corrected chi connectivity index (χ2v) is 9.86. The molecule has 0 amide bonds. The highest BCUT2D eigenvalue weighted by Crippen LogP contribution is 2.31. The van der Waals surface area contributed by atoms with Gasteiger partial charge >= 0.3 is 0 Å². The van der Waals surface area contributed by atoms with E-state index in [1.54, 1.807) is 24.3 Å². The van der Waals surface area contributed by atoms with Gasteiger partial charge < -0.3 is 4.74 Å². The molecular weight excluding hydrogens is 398 g/mol. The summed E-state index contributed by atoms with van der Waals surface area (Å²) in [6.07, 6.45) is 1.38. The maximum atomic E-state index is 13.2. The zero-order valence-corrected chi connectivity index (χ0v) is 16.1. The van der Waals surface area contributed by atoms with E-state index < -0.39 is 25.9 Å². The van der Waals surface area contributed by atoms with Crippen LogP contribution in [-0.2, 0) is 19.9 Å². The van der Waals surface area contributed by atoms with Crippen molar-refractivity contribution in [1.82, 2.24) is 0 Å². The first-order chi connectivity index (χ1) is 12.2. The van der Waals surface area contributed by atoms with Crippen LogP contribution in [0.25, 0.3) is 0 Å². The number of benzene rings is 2. The molecule has 0 N–H and O–H groups in total. The minimum atomic E-state index is -4.01. The topological polar surface area (TPSA) is 80.8 Å². The summed E-state index contributed by atoms with van der Waals surface area (Å²) in [7, 11) is -5.95. The lowest BCUT2D eigenvalue weighted by Crippen LogP contribution is -2.41. The van der Waals surface area contributed by atoms with E-state index in [0.29, 0.717) is 16.5 Å². The van der Waals surface area contributed by atoms with Gasteiger partial charge in [0, 0.05) is 10.4 Å². The highest BCUT2D eigenvalue weighted by molar-refractivity contribution is 7.95. The van der Waals surface area contributed by atoms with Gasteiger partial charge in [0.2, 0.25) is 0 Å². The van der Waals surface area contributed by atoms with E-state index in [9.17, 15) is 16.8 Å². The van der Waals surface area contributed by atoms with Crippen LogP contribution in [0.15, 0.2) is 64.9 Å². The van der Waals surface area contributed by atoms with Crippen molar-refractivity contribution >= 4 is 37.1 Å². The number of anilines is 1. The summed E-state index contributed by atoms with van der Waals surface area (Å²) in [6, 6.07) is 11.3. The fourth-order valence-electron chi connectivity index (χ4n) is 2.66. The Morgan fingerprint density at radius 3 is 2.19 bits per heavy atom. The molecule has 9 heteroatoms. The predicted molar refractivity (Wildman–Crippen MR) is 101 cm³/mol. The fourth-order valence-corrected chi connectivity index (χ4v) is 5.76. The van der Waals surface area contributed by atoms with Gasteiger partial charge in [-0.3, -0.25) is 4.31 Å². The normalized spacial score (nSPS) is 18.6. The molecule has 26 heavy (non-hydrogen) atoms. The molecule has 1 atom stereocenters. The van der Waals surface area contributed by atoms with E-state index in [1.807, 2.05) is 0 Å². The molecule has 138 valence electrons. The van der Waals surface area contributed by atoms with Crippen molar-refractivity contribution in [3.05, 3.63) is 65.0 Å². The summed E-state index contributed by atoms with van der Waals surface area (Å²) < 4.78 is 56.3. The molecule has 0 aromatic heterocycles. The number of sulfonamides is 1. The van der Waals surface area contributed by atoms with Crippen LogP contribution in [0.3, 0.4) is 0 Å². The first-order valence-electron chi connectivity index (χ1n) is 7.58. The van der Waals surface area contributed by atoms with Crippen LogP contribution in [0.2, 0.25) is 5.02 Å². The lowest BCUT2D eigenvalue weighted by atomic mass is 10.2. The first kappa shape index (κ1) is 18.8. The monoisotopic (exact) mass is 413 g/mol. The van der Waals surface area contributed by atoms with Crippen molar-refractivity contribution in [2.45, 2.75) is 10.9 Å². The third kappa shape index (κ3) is 3.72. The summed E-state index contributed by atoms with van der Waals surface area (Å²) in [5.74, 6) is 0.249. The molecule has 1 aliphatic heterocycles. The Hall–Kier alpha value is -2.03. The third-order valence-corrected chi connectivity index (χ3v) is 7.41. The van der Waals surface area contributed by atoms with E-state index >= 15 is 0 Å². The third-order valence-electron chi connectivity index (χ3n) is 3.91. The van der Waals surface area contributed by atoms with Gasteiger partial charge in [-0.2, -0.15) is 0 Å². The van der Waals surface area contributed by atoms with Crippen molar-refractivity contribution in [2.75, 3.05) is 17.2 Å². The molecule has 0 fully saturated rings. The van der Waals surface area contributed by atoms with Crippen LogP contribution < -0.4 is 9.04 Å². The number of nitrogens with zero attached hydrogens (tertiary/aromatic N) is 1. The van der Waals surface area contributed by atoms with E-state index in [1.165, 1.54) is 37.5 Å². The number of methoxy groups -OCH3 is 1. The van der Waals surface area contributed by atoms with Crippen molar-refractivity contribution in [2.24, 2.45) is 0 Å².